The van der Waals surface area contributed by atoms with Crippen LogP contribution in [0.1, 0.15) is 35.1 Å². The molecule has 172 valence electrons. The van der Waals surface area contributed by atoms with Gasteiger partial charge in [0.1, 0.15) is 18.2 Å². The minimum atomic E-state index is -0.123. The van der Waals surface area contributed by atoms with Gasteiger partial charge in [0.05, 0.1) is 5.69 Å². The van der Waals surface area contributed by atoms with E-state index in [1.165, 1.54) is 47.9 Å². The predicted octanol–water partition coefficient (Wildman–Crippen LogP) is 5.65. The van der Waals surface area contributed by atoms with Crippen LogP contribution in [0.5, 0.6) is 5.75 Å². The van der Waals surface area contributed by atoms with Gasteiger partial charge in [-0.3, -0.25) is 4.90 Å². The normalized spacial score (nSPS) is 16.5. The number of anilines is 1. The quantitative estimate of drug-likeness (QED) is 0.468. The summed E-state index contributed by atoms with van der Waals surface area (Å²) in [6, 6.07) is 22.5. The third-order valence-corrected chi connectivity index (χ3v) is 7.03. The highest BCUT2D eigenvalue weighted by Crippen LogP contribution is 2.26. The van der Waals surface area contributed by atoms with Crippen molar-refractivity contribution < 1.29 is 9.13 Å². The molecule has 4 heteroatoms. The number of ether oxygens (including phenoxy) is 1. The highest BCUT2D eigenvalue weighted by molar-refractivity contribution is 5.48. The number of aryl methyl sites for hydroxylation is 2. The van der Waals surface area contributed by atoms with E-state index in [0.29, 0.717) is 6.61 Å². The van der Waals surface area contributed by atoms with E-state index in [2.05, 4.69) is 52.3 Å². The molecule has 0 N–H and O–H groups in total. The molecule has 5 rings (SSSR count). The molecule has 1 aliphatic heterocycles. The minimum Gasteiger partial charge on any atom is -0.489 e. The van der Waals surface area contributed by atoms with E-state index in [9.17, 15) is 4.39 Å². The topological polar surface area (TPSA) is 15.7 Å². The van der Waals surface area contributed by atoms with Gasteiger partial charge in [-0.1, -0.05) is 42.5 Å². The highest BCUT2D eigenvalue weighted by atomic mass is 19.1. The molecule has 3 aromatic carbocycles. The molecular weight excluding hydrogens is 411 g/mol. The first kappa shape index (κ1) is 22.0. The Morgan fingerprint density at radius 3 is 2.27 bits per heavy atom. The Morgan fingerprint density at radius 2 is 1.48 bits per heavy atom. The lowest BCUT2D eigenvalue weighted by Gasteiger charge is -2.36. The summed E-state index contributed by atoms with van der Waals surface area (Å²) in [5.74, 6) is 0.857. The van der Waals surface area contributed by atoms with Gasteiger partial charge in [-0.05, 0) is 78.6 Å². The molecule has 33 heavy (non-hydrogen) atoms. The highest BCUT2D eigenvalue weighted by Gasteiger charge is 2.19. The zero-order valence-corrected chi connectivity index (χ0v) is 19.3. The third kappa shape index (κ3) is 5.56. The van der Waals surface area contributed by atoms with E-state index in [1.807, 2.05) is 12.1 Å². The number of hydrogen-bond donors (Lipinski definition) is 0. The van der Waals surface area contributed by atoms with Crippen molar-refractivity contribution in [2.45, 2.75) is 38.7 Å². The first-order valence-corrected chi connectivity index (χ1v) is 12.3. The number of hydrogen-bond acceptors (Lipinski definition) is 3. The summed E-state index contributed by atoms with van der Waals surface area (Å²) in [7, 11) is 0. The number of nitrogens with zero attached hydrogens (tertiary/aromatic N) is 2. The zero-order chi connectivity index (χ0) is 22.5. The zero-order valence-electron chi connectivity index (χ0n) is 19.3. The van der Waals surface area contributed by atoms with Crippen LogP contribution >= 0.6 is 0 Å². The SMILES string of the molecule is Fc1ccccc1N1CCN(CCc2ccc(COc3ccc4c(c3)CCCC4)cc2)CC1. The van der Waals surface area contributed by atoms with Crippen molar-refractivity contribution in [3.63, 3.8) is 0 Å². The van der Waals surface area contributed by atoms with Crippen LogP contribution in [0.25, 0.3) is 0 Å². The predicted molar refractivity (Wildman–Crippen MR) is 133 cm³/mol. The van der Waals surface area contributed by atoms with Crippen LogP contribution in [0.15, 0.2) is 66.7 Å². The van der Waals surface area contributed by atoms with E-state index >= 15 is 0 Å². The molecule has 0 spiro atoms. The number of rotatable bonds is 7. The van der Waals surface area contributed by atoms with Crippen LogP contribution in [0.3, 0.4) is 0 Å². The van der Waals surface area contributed by atoms with Crippen molar-refractivity contribution >= 4 is 5.69 Å². The van der Waals surface area contributed by atoms with Crippen LogP contribution in [0, 0.1) is 5.82 Å². The van der Waals surface area contributed by atoms with E-state index in [1.54, 1.807) is 12.1 Å². The lowest BCUT2D eigenvalue weighted by molar-refractivity contribution is 0.260. The Kier molecular flexibility index (Phi) is 6.92. The maximum atomic E-state index is 14.0. The molecule has 1 aliphatic carbocycles. The minimum absolute atomic E-state index is 0.123. The van der Waals surface area contributed by atoms with Gasteiger partial charge in [0, 0.05) is 32.7 Å². The molecule has 0 saturated carbocycles. The molecule has 0 atom stereocenters. The average Bonchev–Trinajstić information content (AvgIpc) is 2.87. The fourth-order valence-electron chi connectivity index (χ4n) is 4.98. The van der Waals surface area contributed by atoms with Gasteiger partial charge in [0.15, 0.2) is 0 Å². The number of piperazine rings is 1. The number of para-hydroxylation sites is 1. The van der Waals surface area contributed by atoms with Crippen LogP contribution < -0.4 is 9.64 Å². The van der Waals surface area contributed by atoms with Gasteiger partial charge >= 0.3 is 0 Å². The van der Waals surface area contributed by atoms with Crippen molar-refractivity contribution in [3.8, 4) is 5.75 Å². The largest absolute Gasteiger partial charge is 0.489 e. The summed E-state index contributed by atoms with van der Waals surface area (Å²) in [6.45, 7) is 5.34. The summed E-state index contributed by atoms with van der Waals surface area (Å²) in [4.78, 5) is 4.63. The number of halogens is 1. The van der Waals surface area contributed by atoms with Crippen LogP contribution in [0.4, 0.5) is 10.1 Å². The molecule has 1 heterocycles. The van der Waals surface area contributed by atoms with Gasteiger partial charge in [0.25, 0.3) is 0 Å². The first-order chi connectivity index (χ1) is 16.2. The standard InChI is InChI=1S/C29H33FN2O/c30-28-7-3-4-8-29(28)32-19-17-31(18-20-32)16-15-23-9-11-24(12-10-23)22-33-27-14-13-25-5-1-2-6-26(25)21-27/h3-4,7-14,21H,1-2,5-6,15-20,22H2. The summed E-state index contributed by atoms with van der Waals surface area (Å²) < 4.78 is 20.1. The smallest absolute Gasteiger partial charge is 0.146 e. The molecule has 0 aromatic heterocycles. The van der Waals surface area contributed by atoms with Gasteiger partial charge in [-0.15, -0.1) is 0 Å². The average molecular weight is 445 g/mol. The van der Waals surface area contributed by atoms with Crippen LogP contribution in [-0.2, 0) is 25.9 Å². The number of fused-ring (bicyclic) bond motifs is 1. The first-order valence-electron chi connectivity index (χ1n) is 12.3. The van der Waals surface area contributed by atoms with E-state index in [-0.39, 0.29) is 5.82 Å². The lowest BCUT2D eigenvalue weighted by atomic mass is 9.92. The van der Waals surface area contributed by atoms with E-state index in [0.717, 1.165) is 50.6 Å². The monoisotopic (exact) mass is 444 g/mol. The lowest BCUT2D eigenvalue weighted by Crippen LogP contribution is -2.47. The third-order valence-electron chi connectivity index (χ3n) is 7.03. The molecule has 0 radical (unpaired) electrons. The molecule has 0 unspecified atom stereocenters. The van der Waals surface area contributed by atoms with Gasteiger partial charge in [-0.25, -0.2) is 4.39 Å². The Labute approximate surface area is 196 Å². The second-order valence-corrected chi connectivity index (χ2v) is 9.27. The van der Waals surface area contributed by atoms with E-state index in [4.69, 9.17) is 4.74 Å². The van der Waals surface area contributed by atoms with Crippen molar-refractivity contribution in [1.82, 2.24) is 4.90 Å². The summed E-state index contributed by atoms with van der Waals surface area (Å²) in [5, 5.41) is 0. The molecule has 3 nitrogen and oxygen atoms in total. The van der Waals surface area contributed by atoms with Crippen molar-refractivity contribution in [3.05, 3.63) is 94.8 Å². The molecule has 1 fully saturated rings. The van der Waals surface area contributed by atoms with E-state index < -0.39 is 0 Å². The van der Waals surface area contributed by atoms with Gasteiger partial charge in [-0.2, -0.15) is 0 Å². The maximum absolute atomic E-state index is 14.0. The fourth-order valence-corrected chi connectivity index (χ4v) is 4.98. The Hall–Kier alpha value is -2.85. The van der Waals surface area contributed by atoms with Crippen molar-refractivity contribution in [1.29, 1.82) is 0 Å². The maximum Gasteiger partial charge on any atom is 0.146 e. The van der Waals surface area contributed by atoms with Gasteiger partial charge in [0.2, 0.25) is 0 Å². The molecule has 2 aliphatic rings. The molecule has 3 aromatic rings. The second-order valence-electron chi connectivity index (χ2n) is 9.27. The fraction of sp³-hybridized carbons (Fsp3) is 0.379. The van der Waals surface area contributed by atoms with Crippen LogP contribution in [-0.4, -0.2) is 37.6 Å². The summed E-state index contributed by atoms with van der Waals surface area (Å²) in [5.41, 5.74) is 6.24. The molecule has 0 amide bonds. The molecule has 0 bridgehead atoms. The summed E-state index contributed by atoms with van der Waals surface area (Å²) >= 11 is 0. The van der Waals surface area contributed by atoms with Gasteiger partial charge < -0.3 is 9.64 Å². The number of benzene rings is 3. The molecule has 1 saturated heterocycles. The summed E-state index contributed by atoms with van der Waals surface area (Å²) in [6.07, 6.45) is 6.02. The Balaban J connectivity index is 1.07. The van der Waals surface area contributed by atoms with Crippen LogP contribution in [0.2, 0.25) is 0 Å². The second kappa shape index (κ2) is 10.4. The van der Waals surface area contributed by atoms with Crippen molar-refractivity contribution in [2.24, 2.45) is 0 Å². The van der Waals surface area contributed by atoms with Crippen molar-refractivity contribution in [2.75, 3.05) is 37.6 Å². The molecular formula is C29H33FN2O. The Bertz CT molecular complexity index is 1060. The Morgan fingerprint density at radius 1 is 0.758 bits per heavy atom.